The summed E-state index contributed by atoms with van der Waals surface area (Å²) in [7, 11) is 0. The van der Waals surface area contributed by atoms with E-state index in [1.54, 1.807) is 12.5 Å². The molecule has 0 unspecified atom stereocenters. The van der Waals surface area contributed by atoms with Gasteiger partial charge in [-0.2, -0.15) is 0 Å². The van der Waals surface area contributed by atoms with Gasteiger partial charge < -0.3 is 4.74 Å². The fourth-order valence-corrected chi connectivity index (χ4v) is 10.4. The highest BCUT2D eigenvalue weighted by Gasteiger charge is 2.63. The Labute approximate surface area is 174 Å². The third-order valence-electron chi connectivity index (χ3n) is 9.10. The molecular formula is C23H36O2S2. The van der Waals surface area contributed by atoms with Crippen LogP contribution in [0.25, 0.3) is 0 Å². The number of esters is 1. The van der Waals surface area contributed by atoms with Crippen LogP contribution in [0.15, 0.2) is 11.6 Å². The van der Waals surface area contributed by atoms with Gasteiger partial charge in [0, 0.05) is 13.3 Å². The van der Waals surface area contributed by atoms with Crippen LogP contribution < -0.4 is 0 Å². The second kappa shape index (κ2) is 7.00. The molecular weight excluding hydrogens is 372 g/mol. The molecule has 4 aliphatic rings. The summed E-state index contributed by atoms with van der Waals surface area (Å²) in [5, 5.41) is 0. The molecule has 0 aromatic carbocycles. The van der Waals surface area contributed by atoms with Crippen LogP contribution in [0.5, 0.6) is 0 Å². The molecule has 4 aliphatic carbocycles. The highest BCUT2D eigenvalue weighted by molar-refractivity contribution is 8.17. The van der Waals surface area contributed by atoms with Crippen LogP contribution >= 0.6 is 23.5 Å². The van der Waals surface area contributed by atoms with Crippen molar-refractivity contribution in [1.29, 1.82) is 0 Å². The quantitative estimate of drug-likeness (QED) is 0.311. The number of carbonyl (C=O) groups is 1. The normalized spacial score (nSPS) is 45.3. The van der Waals surface area contributed by atoms with Crippen LogP contribution in [0.1, 0.15) is 72.1 Å². The van der Waals surface area contributed by atoms with Gasteiger partial charge in [-0.3, -0.25) is 4.79 Å². The van der Waals surface area contributed by atoms with E-state index in [-0.39, 0.29) is 12.1 Å². The molecule has 152 valence electrons. The Kier molecular flexibility index (Phi) is 5.24. The third-order valence-corrected chi connectivity index (χ3v) is 12.8. The summed E-state index contributed by atoms with van der Waals surface area (Å²) in [6.07, 6.45) is 17.4. The predicted octanol–water partition coefficient (Wildman–Crippen LogP) is 6.30. The lowest BCUT2D eigenvalue weighted by atomic mass is 9.48. The molecule has 0 radical (unpaired) electrons. The maximum absolute atomic E-state index is 11.4. The summed E-state index contributed by atoms with van der Waals surface area (Å²) in [4.78, 5) is 11.4. The number of carbonyl (C=O) groups excluding carboxylic acids is 1. The lowest BCUT2D eigenvalue weighted by Crippen LogP contribution is -2.53. The summed E-state index contributed by atoms with van der Waals surface area (Å²) in [6, 6.07) is 0. The van der Waals surface area contributed by atoms with Crippen molar-refractivity contribution < 1.29 is 9.53 Å². The Morgan fingerprint density at radius 2 is 1.78 bits per heavy atom. The van der Waals surface area contributed by atoms with E-state index in [9.17, 15) is 4.79 Å². The first-order chi connectivity index (χ1) is 12.8. The average molecular weight is 409 g/mol. The second-order valence-corrected chi connectivity index (χ2v) is 12.4. The number of thioether (sulfide) groups is 2. The monoisotopic (exact) mass is 408 g/mol. The molecule has 0 N–H and O–H groups in total. The summed E-state index contributed by atoms with van der Waals surface area (Å²) in [6.45, 7) is 6.70. The van der Waals surface area contributed by atoms with Crippen molar-refractivity contribution in [3.63, 3.8) is 0 Å². The van der Waals surface area contributed by atoms with E-state index >= 15 is 0 Å². The number of hydrogen-bond donors (Lipinski definition) is 0. The molecule has 6 atom stereocenters. The minimum atomic E-state index is -0.122. The smallest absolute Gasteiger partial charge is 0.302 e. The van der Waals surface area contributed by atoms with Crippen LogP contribution in [0, 0.1) is 28.6 Å². The van der Waals surface area contributed by atoms with Gasteiger partial charge in [0.25, 0.3) is 0 Å². The van der Waals surface area contributed by atoms with Crippen LogP contribution in [-0.2, 0) is 9.53 Å². The molecule has 0 aromatic heterocycles. The van der Waals surface area contributed by atoms with E-state index in [4.69, 9.17) is 4.74 Å². The van der Waals surface area contributed by atoms with Gasteiger partial charge in [0.2, 0.25) is 0 Å². The Morgan fingerprint density at radius 1 is 1.07 bits per heavy atom. The van der Waals surface area contributed by atoms with Crippen molar-refractivity contribution in [3.8, 4) is 0 Å². The molecule has 0 saturated heterocycles. The van der Waals surface area contributed by atoms with E-state index in [0.29, 0.717) is 14.9 Å². The maximum atomic E-state index is 11.4. The summed E-state index contributed by atoms with van der Waals surface area (Å²) < 4.78 is 5.99. The van der Waals surface area contributed by atoms with Crippen LogP contribution in [0.4, 0.5) is 0 Å². The van der Waals surface area contributed by atoms with E-state index in [2.05, 4.69) is 56.0 Å². The Hall–Kier alpha value is -0.0900. The number of allylic oxidation sites excluding steroid dienone is 1. The van der Waals surface area contributed by atoms with E-state index in [1.807, 2.05) is 0 Å². The molecule has 3 fully saturated rings. The molecule has 4 rings (SSSR count). The molecule has 3 saturated carbocycles. The molecule has 27 heavy (non-hydrogen) atoms. The highest BCUT2D eigenvalue weighted by Crippen LogP contribution is 2.71. The van der Waals surface area contributed by atoms with Crippen molar-refractivity contribution in [2.75, 3.05) is 12.5 Å². The molecule has 0 heterocycles. The predicted molar refractivity (Wildman–Crippen MR) is 117 cm³/mol. The van der Waals surface area contributed by atoms with Gasteiger partial charge in [0.1, 0.15) is 6.10 Å². The van der Waals surface area contributed by atoms with Crippen LogP contribution in [-0.4, -0.2) is 28.7 Å². The minimum absolute atomic E-state index is 0.111. The Bertz CT molecular complexity index is 640. The van der Waals surface area contributed by atoms with Gasteiger partial charge in [0.05, 0.1) is 4.08 Å². The number of hydrogen-bond acceptors (Lipinski definition) is 4. The summed E-state index contributed by atoms with van der Waals surface area (Å²) in [5.41, 5.74) is 2.41. The van der Waals surface area contributed by atoms with Crippen LogP contribution in [0.2, 0.25) is 0 Å². The fourth-order valence-electron chi connectivity index (χ4n) is 7.67. The summed E-state index contributed by atoms with van der Waals surface area (Å²) in [5.74, 6) is 2.43. The van der Waals surface area contributed by atoms with Gasteiger partial charge in [-0.25, -0.2) is 0 Å². The van der Waals surface area contributed by atoms with Crippen molar-refractivity contribution in [2.45, 2.75) is 82.3 Å². The number of ether oxygens (including phenoxy) is 1. The molecule has 0 spiro atoms. The van der Waals surface area contributed by atoms with Crippen molar-refractivity contribution >= 4 is 29.5 Å². The average Bonchev–Trinajstić information content (AvgIpc) is 2.94. The van der Waals surface area contributed by atoms with Crippen LogP contribution in [0.3, 0.4) is 0 Å². The van der Waals surface area contributed by atoms with E-state index < -0.39 is 0 Å². The zero-order chi connectivity index (χ0) is 19.4. The molecule has 4 heteroatoms. The highest BCUT2D eigenvalue weighted by atomic mass is 32.2. The van der Waals surface area contributed by atoms with Gasteiger partial charge >= 0.3 is 5.97 Å². The van der Waals surface area contributed by atoms with Gasteiger partial charge in [-0.1, -0.05) is 25.5 Å². The van der Waals surface area contributed by atoms with Crippen molar-refractivity contribution in [2.24, 2.45) is 28.6 Å². The lowest BCUT2D eigenvalue weighted by Gasteiger charge is -2.59. The van der Waals surface area contributed by atoms with Crippen molar-refractivity contribution in [1.82, 2.24) is 0 Å². The largest absolute Gasteiger partial charge is 0.462 e. The van der Waals surface area contributed by atoms with E-state index in [1.165, 1.54) is 38.5 Å². The number of rotatable bonds is 3. The van der Waals surface area contributed by atoms with Gasteiger partial charge in [-0.05, 0) is 86.0 Å². The standard InChI is InChI=1S/C23H36O2S2/c1-15(24)25-17-8-11-21(2)16(14-17)6-7-18-19(21)9-12-22(3)20(18)10-13-23(22,26-4)27-5/h6,17-20H,7-14H2,1-5H3/t17-,18-,19+,20+,21+,22+/m1/s1. The fraction of sp³-hybridized carbons (Fsp3) is 0.870. The molecule has 0 amide bonds. The first-order valence-corrected chi connectivity index (χ1v) is 13.2. The van der Waals surface area contributed by atoms with Gasteiger partial charge in [-0.15, -0.1) is 23.5 Å². The topological polar surface area (TPSA) is 26.3 Å². The van der Waals surface area contributed by atoms with Gasteiger partial charge in [0.15, 0.2) is 0 Å². The minimum Gasteiger partial charge on any atom is -0.462 e. The number of fused-ring (bicyclic) bond motifs is 5. The second-order valence-electron chi connectivity index (χ2n) is 9.89. The maximum Gasteiger partial charge on any atom is 0.302 e. The molecule has 2 nitrogen and oxygen atoms in total. The lowest BCUT2D eigenvalue weighted by molar-refractivity contribution is -0.148. The third kappa shape index (κ3) is 2.86. The zero-order valence-electron chi connectivity index (χ0n) is 17.7. The SMILES string of the molecule is CSC1(SC)CC[C@H]2[C@@H]3CC=C4C[C@H](OC(C)=O)CC[C@]4(C)[C@H]3CC[C@@]21C. The summed E-state index contributed by atoms with van der Waals surface area (Å²) >= 11 is 4.26. The molecule has 0 bridgehead atoms. The van der Waals surface area contributed by atoms with Crippen molar-refractivity contribution in [3.05, 3.63) is 11.6 Å². The molecule has 0 aromatic rings. The molecule has 0 aliphatic heterocycles. The first-order valence-electron chi connectivity index (χ1n) is 10.8. The van der Waals surface area contributed by atoms with E-state index in [0.717, 1.165) is 30.6 Å². The Morgan fingerprint density at radius 3 is 2.44 bits per heavy atom. The Balaban J connectivity index is 1.60. The first kappa shape index (κ1) is 20.2. The zero-order valence-corrected chi connectivity index (χ0v) is 19.3.